The van der Waals surface area contributed by atoms with E-state index in [1.54, 1.807) is 6.20 Å². The van der Waals surface area contributed by atoms with E-state index in [9.17, 15) is 4.79 Å². The smallest absolute Gasteiger partial charge is 0.257 e. The first kappa shape index (κ1) is 10.2. The molecule has 0 spiro atoms. The number of likely N-dealkylation sites (tertiary alicyclic amines) is 1. The summed E-state index contributed by atoms with van der Waals surface area (Å²) in [6, 6.07) is 0. The number of hydrogen-bond acceptors (Lipinski definition) is 2. The summed E-state index contributed by atoms with van der Waals surface area (Å²) in [5, 5.41) is 6.68. The Labute approximate surface area is 89.7 Å². The van der Waals surface area contributed by atoms with Crippen LogP contribution in [0, 0.1) is 18.8 Å². The van der Waals surface area contributed by atoms with Gasteiger partial charge in [-0.3, -0.25) is 9.89 Å². The molecule has 2 atom stereocenters. The van der Waals surface area contributed by atoms with E-state index in [-0.39, 0.29) is 5.91 Å². The summed E-state index contributed by atoms with van der Waals surface area (Å²) in [7, 11) is 0. The first-order valence-electron chi connectivity index (χ1n) is 5.39. The van der Waals surface area contributed by atoms with Crippen LogP contribution in [0.2, 0.25) is 0 Å². The average Bonchev–Trinajstić information content (AvgIpc) is 2.74. The number of hydrogen-bond donors (Lipinski definition) is 1. The molecule has 0 bridgehead atoms. The van der Waals surface area contributed by atoms with Crippen molar-refractivity contribution in [1.29, 1.82) is 0 Å². The van der Waals surface area contributed by atoms with Crippen LogP contribution in [0.3, 0.4) is 0 Å². The lowest BCUT2D eigenvalue weighted by Crippen LogP contribution is -2.29. The van der Waals surface area contributed by atoms with E-state index in [4.69, 9.17) is 0 Å². The van der Waals surface area contributed by atoms with Crippen LogP contribution in [-0.2, 0) is 0 Å². The average molecular weight is 207 g/mol. The van der Waals surface area contributed by atoms with E-state index >= 15 is 0 Å². The lowest BCUT2D eigenvalue weighted by atomic mass is 10.0. The highest BCUT2D eigenvalue weighted by Gasteiger charge is 2.30. The van der Waals surface area contributed by atoms with Crippen LogP contribution >= 0.6 is 0 Å². The Morgan fingerprint density at radius 2 is 2.07 bits per heavy atom. The van der Waals surface area contributed by atoms with E-state index in [1.165, 1.54) is 0 Å². The Morgan fingerprint density at radius 1 is 1.47 bits per heavy atom. The third-order valence-corrected chi connectivity index (χ3v) is 3.34. The van der Waals surface area contributed by atoms with Gasteiger partial charge in [-0.25, -0.2) is 0 Å². The second-order valence-corrected chi connectivity index (χ2v) is 4.57. The van der Waals surface area contributed by atoms with Crippen LogP contribution in [0.25, 0.3) is 0 Å². The predicted molar refractivity (Wildman–Crippen MR) is 57.6 cm³/mol. The minimum Gasteiger partial charge on any atom is -0.338 e. The third kappa shape index (κ3) is 1.76. The molecule has 1 fully saturated rings. The van der Waals surface area contributed by atoms with E-state index in [1.807, 2.05) is 11.8 Å². The second kappa shape index (κ2) is 3.68. The van der Waals surface area contributed by atoms with Crippen molar-refractivity contribution in [1.82, 2.24) is 15.1 Å². The summed E-state index contributed by atoms with van der Waals surface area (Å²) in [6.07, 6.45) is 1.62. The topological polar surface area (TPSA) is 49.0 Å². The SMILES string of the molecule is Cc1[nH]ncc1C(=O)N1CC(C)C(C)C1. The van der Waals surface area contributed by atoms with E-state index in [0.717, 1.165) is 18.8 Å². The highest BCUT2D eigenvalue weighted by atomic mass is 16.2. The van der Waals surface area contributed by atoms with Gasteiger partial charge in [0.1, 0.15) is 0 Å². The molecular formula is C11H17N3O. The molecule has 1 N–H and O–H groups in total. The fourth-order valence-corrected chi connectivity index (χ4v) is 2.03. The molecule has 4 nitrogen and oxygen atoms in total. The number of carbonyl (C=O) groups is 1. The van der Waals surface area contributed by atoms with Gasteiger partial charge in [-0.05, 0) is 18.8 Å². The van der Waals surface area contributed by atoms with Crippen molar-refractivity contribution in [3.63, 3.8) is 0 Å². The van der Waals surface area contributed by atoms with Gasteiger partial charge in [-0.15, -0.1) is 0 Å². The number of rotatable bonds is 1. The molecule has 2 rings (SSSR count). The van der Waals surface area contributed by atoms with Crippen LogP contribution in [0.1, 0.15) is 29.9 Å². The molecule has 0 saturated carbocycles. The molecule has 1 aromatic rings. The monoisotopic (exact) mass is 207 g/mol. The molecule has 1 aliphatic rings. The molecular weight excluding hydrogens is 190 g/mol. The van der Waals surface area contributed by atoms with Crippen LogP contribution < -0.4 is 0 Å². The van der Waals surface area contributed by atoms with Gasteiger partial charge in [-0.1, -0.05) is 13.8 Å². The van der Waals surface area contributed by atoms with Crippen LogP contribution in [-0.4, -0.2) is 34.1 Å². The summed E-state index contributed by atoms with van der Waals surface area (Å²) in [5.74, 6) is 1.31. The fourth-order valence-electron chi connectivity index (χ4n) is 2.03. The lowest BCUT2D eigenvalue weighted by Gasteiger charge is -2.15. The van der Waals surface area contributed by atoms with Gasteiger partial charge in [-0.2, -0.15) is 5.10 Å². The van der Waals surface area contributed by atoms with Crippen molar-refractivity contribution in [3.8, 4) is 0 Å². The number of aryl methyl sites for hydroxylation is 1. The number of amides is 1. The molecule has 1 aliphatic heterocycles. The number of aromatic nitrogens is 2. The molecule has 4 heteroatoms. The molecule has 0 aliphatic carbocycles. The van der Waals surface area contributed by atoms with Crippen molar-refractivity contribution in [2.75, 3.05) is 13.1 Å². The zero-order valence-corrected chi connectivity index (χ0v) is 9.45. The van der Waals surface area contributed by atoms with Gasteiger partial charge in [0.05, 0.1) is 11.8 Å². The quantitative estimate of drug-likeness (QED) is 0.757. The van der Waals surface area contributed by atoms with Gasteiger partial charge in [0, 0.05) is 18.8 Å². The summed E-state index contributed by atoms with van der Waals surface area (Å²) in [5.41, 5.74) is 1.56. The zero-order chi connectivity index (χ0) is 11.0. The van der Waals surface area contributed by atoms with Crippen LogP contribution in [0.5, 0.6) is 0 Å². The Kier molecular flexibility index (Phi) is 2.50. The summed E-state index contributed by atoms with van der Waals surface area (Å²) >= 11 is 0. The van der Waals surface area contributed by atoms with Gasteiger partial charge >= 0.3 is 0 Å². The number of nitrogens with zero attached hydrogens (tertiary/aromatic N) is 2. The number of H-pyrrole nitrogens is 1. The zero-order valence-electron chi connectivity index (χ0n) is 9.45. The van der Waals surface area contributed by atoms with Crippen molar-refractivity contribution >= 4 is 5.91 Å². The molecule has 0 aromatic carbocycles. The summed E-state index contributed by atoms with van der Waals surface area (Å²) in [6.45, 7) is 8.00. The molecule has 82 valence electrons. The van der Waals surface area contributed by atoms with Gasteiger partial charge in [0.15, 0.2) is 0 Å². The van der Waals surface area contributed by atoms with Crippen LogP contribution in [0.15, 0.2) is 6.20 Å². The van der Waals surface area contributed by atoms with Crippen molar-refractivity contribution < 1.29 is 4.79 Å². The molecule has 1 aromatic heterocycles. The van der Waals surface area contributed by atoms with Crippen LogP contribution in [0.4, 0.5) is 0 Å². The van der Waals surface area contributed by atoms with E-state index < -0.39 is 0 Å². The predicted octanol–water partition coefficient (Wildman–Crippen LogP) is 1.45. The third-order valence-electron chi connectivity index (χ3n) is 3.34. The van der Waals surface area contributed by atoms with E-state index in [2.05, 4.69) is 24.0 Å². The van der Waals surface area contributed by atoms with Crippen molar-refractivity contribution in [2.45, 2.75) is 20.8 Å². The number of aromatic amines is 1. The largest absolute Gasteiger partial charge is 0.338 e. The summed E-state index contributed by atoms with van der Waals surface area (Å²) < 4.78 is 0. The van der Waals surface area contributed by atoms with Gasteiger partial charge < -0.3 is 4.90 Å². The maximum atomic E-state index is 12.1. The Hall–Kier alpha value is -1.32. The Bertz CT molecular complexity index is 362. The van der Waals surface area contributed by atoms with Gasteiger partial charge in [0.2, 0.25) is 0 Å². The molecule has 2 heterocycles. The highest BCUT2D eigenvalue weighted by molar-refractivity contribution is 5.95. The molecule has 0 radical (unpaired) electrons. The highest BCUT2D eigenvalue weighted by Crippen LogP contribution is 2.23. The summed E-state index contributed by atoms with van der Waals surface area (Å²) in [4.78, 5) is 14.0. The fraction of sp³-hybridized carbons (Fsp3) is 0.636. The first-order valence-corrected chi connectivity index (χ1v) is 5.39. The first-order chi connectivity index (χ1) is 7.09. The minimum absolute atomic E-state index is 0.109. The second-order valence-electron chi connectivity index (χ2n) is 4.57. The lowest BCUT2D eigenvalue weighted by molar-refractivity contribution is 0.0784. The molecule has 1 amide bonds. The maximum absolute atomic E-state index is 12.1. The number of nitrogens with one attached hydrogen (secondary N) is 1. The molecule has 2 unspecified atom stereocenters. The van der Waals surface area contributed by atoms with Gasteiger partial charge in [0.25, 0.3) is 5.91 Å². The van der Waals surface area contributed by atoms with Crippen molar-refractivity contribution in [2.24, 2.45) is 11.8 Å². The normalized spacial score (nSPS) is 25.9. The van der Waals surface area contributed by atoms with Crippen molar-refractivity contribution in [3.05, 3.63) is 17.5 Å². The Morgan fingerprint density at radius 3 is 2.53 bits per heavy atom. The number of carbonyl (C=O) groups excluding carboxylic acids is 1. The molecule has 15 heavy (non-hydrogen) atoms. The maximum Gasteiger partial charge on any atom is 0.257 e. The standard InChI is InChI=1S/C11H17N3O/c1-7-5-14(6-8(7)2)11(15)10-4-12-13-9(10)3/h4,7-8H,5-6H2,1-3H3,(H,12,13). The van der Waals surface area contributed by atoms with E-state index in [0.29, 0.717) is 17.4 Å². The molecule has 1 saturated heterocycles. The minimum atomic E-state index is 0.109. The Balaban J connectivity index is 2.13.